The van der Waals surface area contributed by atoms with Crippen molar-refractivity contribution >= 4 is 27.4 Å². The van der Waals surface area contributed by atoms with E-state index in [1.807, 2.05) is 0 Å². The first-order valence-corrected chi connectivity index (χ1v) is 7.17. The minimum absolute atomic E-state index is 0.0903. The van der Waals surface area contributed by atoms with E-state index in [0.717, 1.165) is 12.3 Å². The summed E-state index contributed by atoms with van der Waals surface area (Å²) in [6, 6.07) is 6.12. The summed E-state index contributed by atoms with van der Waals surface area (Å²) in [7, 11) is -3.80. The van der Waals surface area contributed by atoms with E-state index in [1.165, 1.54) is 24.3 Å². The maximum atomic E-state index is 13.1. The number of hydrogen-bond donors (Lipinski definition) is 3. The van der Waals surface area contributed by atoms with Crippen molar-refractivity contribution in [3.05, 3.63) is 47.9 Å². The van der Waals surface area contributed by atoms with E-state index in [4.69, 9.17) is 10.9 Å². The highest BCUT2D eigenvalue weighted by atomic mass is 32.2. The van der Waals surface area contributed by atoms with E-state index in [0.29, 0.717) is 5.69 Å². The topological polar surface area (TPSA) is 128 Å². The number of amides is 1. The molecule has 0 aliphatic rings. The number of nitrogens with zero attached hydrogens (tertiary/aromatic N) is 1. The molecule has 0 aliphatic carbocycles. The molecule has 0 spiro atoms. The number of hydrogen-bond acceptors (Lipinski definition) is 5. The number of aromatic nitrogens is 1. The Balaban J connectivity index is 2.22. The number of nitrogens with one attached hydrogen (secondary N) is 1. The SMILES string of the molecule is Nc1ncc(F)cc1C(=O)Nc1ccc(S(N)(=O)=O)cc1. The zero-order valence-corrected chi connectivity index (χ0v) is 11.4. The largest absolute Gasteiger partial charge is 0.383 e. The summed E-state index contributed by atoms with van der Waals surface area (Å²) in [4.78, 5) is 15.4. The number of primary sulfonamides is 1. The van der Waals surface area contributed by atoms with Crippen LogP contribution in [-0.4, -0.2) is 19.3 Å². The molecule has 0 saturated heterocycles. The summed E-state index contributed by atoms with van der Waals surface area (Å²) in [6.07, 6.45) is 0.896. The first kappa shape index (κ1) is 14.9. The third-order valence-corrected chi connectivity index (χ3v) is 3.50. The van der Waals surface area contributed by atoms with Crippen LogP contribution in [0.25, 0.3) is 0 Å². The minimum Gasteiger partial charge on any atom is -0.383 e. The summed E-state index contributed by atoms with van der Waals surface area (Å²) in [5.74, 6) is -1.48. The molecular formula is C12H11FN4O3S. The lowest BCUT2D eigenvalue weighted by Crippen LogP contribution is -2.16. The number of carbonyl (C=O) groups is 1. The van der Waals surface area contributed by atoms with Crippen LogP contribution in [0.15, 0.2) is 41.4 Å². The quantitative estimate of drug-likeness (QED) is 0.768. The van der Waals surface area contributed by atoms with Crippen molar-refractivity contribution in [2.75, 3.05) is 11.1 Å². The number of pyridine rings is 1. The fourth-order valence-corrected chi connectivity index (χ4v) is 2.07. The molecule has 0 atom stereocenters. The van der Waals surface area contributed by atoms with E-state index >= 15 is 0 Å². The average Bonchev–Trinajstić information content (AvgIpc) is 2.41. The Morgan fingerprint density at radius 1 is 1.24 bits per heavy atom. The molecule has 9 heteroatoms. The number of anilines is 2. The second-order valence-electron chi connectivity index (χ2n) is 4.11. The zero-order valence-electron chi connectivity index (χ0n) is 10.6. The predicted octanol–water partition coefficient (Wildman–Crippen LogP) is 0.703. The summed E-state index contributed by atoms with van der Waals surface area (Å²) in [5, 5.41) is 7.40. The van der Waals surface area contributed by atoms with Gasteiger partial charge >= 0.3 is 0 Å². The Morgan fingerprint density at radius 2 is 1.86 bits per heavy atom. The van der Waals surface area contributed by atoms with Crippen LogP contribution in [0.5, 0.6) is 0 Å². The molecule has 1 aromatic carbocycles. The average molecular weight is 310 g/mol. The number of carbonyl (C=O) groups excluding carboxylic acids is 1. The van der Waals surface area contributed by atoms with Gasteiger partial charge in [-0.05, 0) is 30.3 Å². The van der Waals surface area contributed by atoms with E-state index < -0.39 is 21.7 Å². The molecule has 0 saturated carbocycles. The monoisotopic (exact) mass is 310 g/mol. The second kappa shape index (κ2) is 5.46. The Bertz CT molecular complexity index is 791. The lowest BCUT2D eigenvalue weighted by atomic mass is 10.2. The molecule has 0 radical (unpaired) electrons. The van der Waals surface area contributed by atoms with Crippen molar-refractivity contribution in [1.82, 2.24) is 4.98 Å². The predicted molar refractivity (Wildman–Crippen MR) is 74.4 cm³/mol. The van der Waals surface area contributed by atoms with Crippen LogP contribution in [0.3, 0.4) is 0 Å². The highest BCUT2D eigenvalue weighted by Gasteiger charge is 2.13. The molecule has 1 aromatic heterocycles. The molecular weight excluding hydrogens is 299 g/mol. The Morgan fingerprint density at radius 3 is 2.43 bits per heavy atom. The van der Waals surface area contributed by atoms with Gasteiger partial charge in [-0.15, -0.1) is 0 Å². The van der Waals surface area contributed by atoms with E-state index in [9.17, 15) is 17.6 Å². The fourth-order valence-electron chi connectivity index (χ4n) is 1.56. The molecule has 2 aromatic rings. The van der Waals surface area contributed by atoms with Crippen LogP contribution in [0.4, 0.5) is 15.9 Å². The third kappa shape index (κ3) is 3.52. The van der Waals surface area contributed by atoms with Crippen LogP contribution >= 0.6 is 0 Å². The Hall–Kier alpha value is -2.52. The van der Waals surface area contributed by atoms with Crippen molar-refractivity contribution < 1.29 is 17.6 Å². The highest BCUT2D eigenvalue weighted by Crippen LogP contribution is 2.16. The lowest BCUT2D eigenvalue weighted by molar-refractivity contribution is 0.102. The first-order chi connectivity index (χ1) is 9.77. The highest BCUT2D eigenvalue weighted by molar-refractivity contribution is 7.89. The number of nitrogens with two attached hydrogens (primary N) is 2. The number of halogens is 1. The molecule has 0 unspecified atom stereocenters. The maximum Gasteiger partial charge on any atom is 0.259 e. The molecule has 0 bridgehead atoms. The summed E-state index contributed by atoms with van der Waals surface area (Å²) < 4.78 is 35.2. The van der Waals surface area contributed by atoms with Gasteiger partial charge in [-0.3, -0.25) is 4.79 Å². The van der Waals surface area contributed by atoms with Gasteiger partial charge in [0.2, 0.25) is 10.0 Å². The van der Waals surface area contributed by atoms with Crippen LogP contribution in [0.1, 0.15) is 10.4 Å². The van der Waals surface area contributed by atoms with Gasteiger partial charge in [0, 0.05) is 5.69 Å². The van der Waals surface area contributed by atoms with Gasteiger partial charge in [-0.2, -0.15) is 0 Å². The van der Waals surface area contributed by atoms with E-state index in [2.05, 4.69) is 10.3 Å². The zero-order chi connectivity index (χ0) is 15.6. The molecule has 1 amide bonds. The molecule has 110 valence electrons. The van der Waals surface area contributed by atoms with Gasteiger partial charge in [0.05, 0.1) is 16.7 Å². The fraction of sp³-hybridized carbons (Fsp3) is 0. The molecule has 0 fully saturated rings. The standard InChI is InChI=1S/C12H11FN4O3S/c13-7-5-10(11(14)16-6-7)12(18)17-8-1-3-9(4-2-8)21(15,19)20/h1-6H,(H2,14,16)(H,17,18)(H2,15,19,20). The first-order valence-electron chi connectivity index (χ1n) is 5.62. The van der Waals surface area contributed by atoms with Crippen LogP contribution in [0.2, 0.25) is 0 Å². The minimum atomic E-state index is -3.80. The summed E-state index contributed by atoms with van der Waals surface area (Å²) >= 11 is 0. The Labute approximate surface area is 119 Å². The number of nitrogen functional groups attached to an aromatic ring is 1. The van der Waals surface area contributed by atoms with Gasteiger partial charge in [0.15, 0.2) is 0 Å². The van der Waals surface area contributed by atoms with Crippen molar-refractivity contribution in [1.29, 1.82) is 0 Å². The van der Waals surface area contributed by atoms with Crippen molar-refractivity contribution in [3.63, 3.8) is 0 Å². The van der Waals surface area contributed by atoms with Crippen LogP contribution in [0, 0.1) is 5.82 Å². The van der Waals surface area contributed by atoms with Gasteiger partial charge in [-0.1, -0.05) is 0 Å². The van der Waals surface area contributed by atoms with Gasteiger partial charge < -0.3 is 11.1 Å². The lowest BCUT2D eigenvalue weighted by Gasteiger charge is -2.07. The molecule has 21 heavy (non-hydrogen) atoms. The second-order valence-corrected chi connectivity index (χ2v) is 5.67. The molecule has 2 rings (SSSR count). The molecule has 5 N–H and O–H groups in total. The van der Waals surface area contributed by atoms with Crippen molar-refractivity contribution in [2.24, 2.45) is 5.14 Å². The maximum absolute atomic E-state index is 13.1. The molecule has 0 aliphatic heterocycles. The smallest absolute Gasteiger partial charge is 0.259 e. The van der Waals surface area contributed by atoms with E-state index in [-0.39, 0.29) is 16.3 Å². The van der Waals surface area contributed by atoms with Crippen LogP contribution in [-0.2, 0) is 10.0 Å². The Kier molecular flexibility index (Phi) is 3.87. The van der Waals surface area contributed by atoms with E-state index in [1.54, 1.807) is 0 Å². The summed E-state index contributed by atoms with van der Waals surface area (Å²) in [6.45, 7) is 0. The molecule has 7 nitrogen and oxygen atoms in total. The van der Waals surface area contributed by atoms with Crippen molar-refractivity contribution in [2.45, 2.75) is 4.90 Å². The van der Waals surface area contributed by atoms with Crippen molar-refractivity contribution in [3.8, 4) is 0 Å². The number of rotatable bonds is 3. The molecule has 1 heterocycles. The number of sulfonamides is 1. The van der Waals surface area contributed by atoms with Gasteiger partial charge in [-0.25, -0.2) is 22.9 Å². The third-order valence-electron chi connectivity index (χ3n) is 2.57. The van der Waals surface area contributed by atoms with Gasteiger partial charge in [0.1, 0.15) is 11.6 Å². The summed E-state index contributed by atoms with van der Waals surface area (Å²) in [5.41, 5.74) is 5.67. The number of benzene rings is 1. The normalized spacial score (nSPS) is 11.1. The van der Waals surface area contributed by atoms with Gasteiger partial charge in [0.25, 0.3) is 5.91 Å². The van der Waals surface area contributed by atoms with Crippen LogP contribution < -0.4 is 16.2 Å².